The molecule has 0 aliphatic rings. The number of aliphatic hydroxyl groups is 1. The summed E-state index contributed by atoms with van der Waals surface area (Å²) in [5.41, 5.74) is 1.41. The van der Waals surface area contributed by atoms with Gasteiger partial charge in [-0.3, -0.25) is 14.9 Å². The number of aliphatic hydroxyl groups excluding tert-OH is 1. The van der Waals surface area contributed by atoms with Gasteiger partial charge in [0.2, 0.25) is 5.91 Å². The molecule has 0 heterocycles. The Bertz CT molecular complexity index is 731. The second-order valence-corrected chi connectivity index (χ2v) is 5.48. The van der Waals surface area contributed by atoms with Crippen LogP contribution in [0.25, 0.3) is 0 Å². The van der Waals surface area contributed by atoms with Crippen molar-refractivity contribution in [2.45, 2.75) is 18.9 Å². The molecule has 0 aromatic heterocycles. The number of amides is 1. The number of benzene rings is 2. The van der Waals surface area contributed by atoms with Crippen LogP contribution in [-0.2, 0) is 11.2 Å². The number of para-hydroxylation sites is 1. The molecule has 7 heteroatoms. The van der Waals surface area contributed by atoms with E-state index in [4.69, 9.17) is 4.74 Å². The van der Waals surface area contributed by atoms with Crippen molar-refractivity contribution >= 4 is 11.6 Å². The first kappa shape index (κ1) is 18.4. The van der Waals surface area contributed by atoms with Crippen LogP contribution in [0, 0.1) is 10.1 Å². The van der Waals surface area contributed by atoms with Gasteiger partial charge < -0.3 is 15.2 Å². The third-order valence-corrected chi connectivity index (χ3v) is 3.80. The summed E-state index contributed by atoms with van der Waals surface area (Å²) in [6, 6.07) is 13.1. The average molecular weight is 344 g/mol. The summed E-state index contributed by atoms with van der Waals surface area (Å²) in [7, 11) is 1.58. The summed E-state index contributed by atoms with van der Waals surface area (Å²) in [5.74, 6) is 0.549. The van der Waals surface area contributed by atoms with E-state index in [1.54, 1.807) is 7.11 Å². The molecule has 0 unspecified atom stereocenters. The lowest BCUT2D eigenvalue weighted by atomic mass is 10.1. The van der Waals surface area contributed by atoms with Gasteiger partial charge in [-0.05, 0) is 35.7 Å². The standard InChI is InChI=1S/C18H20N2O5/c1-25-17-5-3-2-4-14(17)8-11-18(22)19-12-16(21)13-6-9-15(10-7-13)20(23)24/h2-7,9-10,16,21H,8,11-12H2,1H3,(H,19,22)/t16-/m1/s1. The summed E-state index contributed by atoms with van der Waals surface area (Å²) in [6.07, 6.45) is -0.118. The smallest absolute Gasteiger partial charge is 0.269 e. The van der Waals surface area contributed by atoms with Crippen LogP contribution >= 0.6 is 0 Å². The van der Waals surface area contributed by atoms with Crippen molar-refractivity contribution in [1.29, 1.82) is 0 Å². The van der Waals surface area contributed by atoms with Gasteiger partial charge in [0.15, 0.2) is 0 Å². The maximum Gasteiger partial charge on any atom is 0.269 e. The van der Waals surface area contributed by atoms with Crippen LogP contribution in [-0.4, -0.2) is 29.6 Å². The molecule has 0 fully saturated rings. The lowest BCUT2D eigenvalue weighted by Gasteiger charge is -2.12. The molecule has 2 rings (SSSR count). The highest BCUT2D eigenvalue weighted by molar-refractivity contribution is 5.76. The van der Waals surface area contributed by atoms with Gasteiger partial charge in [-0.25, -0.2) is 0 Å². The van der Waals surface area contributed by atoms with E-state index in [1.807, 2.05) is 24.3 Å². The van der Waals surface area contributed by atoms with Crippen molar-refractivity contribution in [2.75, 3.05) is 13.7 Å². The highest BCUT2D eigenvalue weighted by atomic mass is 16.6. The highest BCUT2D eigenvalue weighted by Crippen LogP contribution is 2.19. The molecule has 2 aromatic rings. The van der Waals surface area contributed by atoms with Crippen LogP contribution in [0.2, 0.25) is 0 Å². The highest BCUT2D eigenvalue weighted by Gasteiger charge is 2.12. The second-order valence-electron chi connectivity index (χ2n) is 5.48. The summed E-state index contributed by atoms with van der Waals surface area (Å²) in [6.45, 7) is 0.0442. The molecular formula is C18H20N2O5. The topological polar surface area (TPSA) is 102 Å². The molecule has 0 saturated carbocycles. The van der Waals surface area contributed by atoms with Gasteiger partial charge in [-0.2, -0.15) is 0 Å². The molecule has 0 bridgehead atoms. The monoisotopic (exact) mass is 344 g/mol. The van der Waals surface area contributed by atoms with Gasteiger partial charge in [0.25, 0.3) is 5.69 Å². The number of hydrogen-bond acceptors (Lipinski definition) is 5. The Morgan fingerprint density at radius 3 is 2.56 bits per heavy atom. The zero-order chi connectivity index (χ0) is 18.2. The predicted octanol–water partition coefficient (Wildman–Crippen LogP) is 2.39. The first-order valence-electron chi connectivity index (χ1n) is 7.82. The fourth-order valence-electron chi connectivity index (χ4n) is 2.39. The number of nitro groups is 1. The molecule has 0 saturated heterocycles. The number of rotatable bonds is 8. The molecule has 7 nitrogen and oxygen atoms in total. The average Bonchev–Trinajstić information content (AvgIpc) is 2.64. The molecule has 0 aliphatic carbocycles. The number of ether oxygens (including phenoxy) is 1. The van der Waals surface area contributed by atoms with Gasteiger partial charge >= 0.3 is 0 Å². The number of non-ortho nitro benzene ring substituents is 1. The van der Waals surface area contributed by atoms with E-state index < -0.39 is 11.0 Å². The molecule has 1 amide bonds. The Kier molecular flexibility index (Phi) is 6.47. The van der Waals surface area contributed by atoms with Crippen LogP contribution in [0.3, 0.4) is 0 Å². The molecule has 0 aliphatic heterocycles. The Labute approximate surface area is 145 Å². The third-order valence-electron chi connectivity index (χ3n) is 3.80. The van der Waals surface area contributed by atoms with Gasteiger partial charge in [0.1, 0.15) is 5.75 Å². The third kappa shape index (κ3) is 5.29. The van der Waals surface area contributed by atoms with Crippen LogP contribution in [0.4, 0.5) is 5.69 Å². The summed E-state index contributed by atoms with van der Waals surface area (Å²) < 4.78 is 5.24. The molecule has 1 atom stereocenters. The van der Waals surface area contributed by atoms with Gasteiger partial charge in [0, 0.05) is 25.1 Å². The fraction of sp³-hybridized carbons (Fsp3) is 0.278. The van der Waals surface area contributed by atoms with E-state index in [2.05, 4.69) is 5.32 Å². The Morgan fingerprint density at radius 2 is 1.92 bits per heavy atom. The lowest BCUT2D eigenvalue weighted by molar-refractivity contribution is -0.384. The second kappa shape index (κ2) is 8.79. The maximum atomic E-state index is 11.9. The van der Waals surface area contributed by atoms with Crippen molar-refractivity contribution < 1.29 is 19.6 Å². The Morgan fingerprint density at radius 1 is 1.24 bits per heavy atom. The Hall–Kier alpha value is -2.93. The number of methoxy groups -OCH3 is 1. The van der Waals surface area contributed by atoms with E-state index in [1.165, 1.54) is 24.3 Å². The number of carbonyl (C=O) groups is 1. The SMILES string of the molecule is COc1ccccc1CCC(=O)NC[C@@H](O)c1ccc([N+](=O)[O-])cc1. The van der Waals surface area contributed by atoms with Gasteiger partial charge in [-0.1, -0.05) is 18.2 Å². The van der Waals surface area contributed by atoms with Crippen molar-refractivity contribution in [3.63, 3.8) is 0 Å². The predicted molar refractivity (Wildman–Crippen MR) is 92.4 cm³/mol. The number of nitrogens with zero attached hydrogens (tertiary/aromatic N) is 1. The molecule has 2 aromatic carbocycles. The summed E-state index contributed by atoms with van der Waals surface area (Å²) in [4.78, 5) is 22.0. The molecular weight excluding hydrogens is 324 g/mol. The van der Waals surface area contributed by atoms with E-state index in [0.29, 0.717) is 12.0 Å². The number of nitrogens with one attached hydrogen (secondary N) is 1. The summed E-state index contributed by atoms with van der Waals surface area (Å²) in [5, 5.41) is 23.3. The zero-order valence-corrected chi connectivity index (χ0v) is 13.8. The Balaban J connectivity index is 1.82. The van der Waals surface area contributed by atoms with Crippen molar-refractivity contribution in [3.05, 3.63) is 69.8 Å². The number of nitro benzene ring substituents is 1. The van der Waals surface area contributed by atoms with Crippen LogP contribution in [0.15, 0.2) is 48.5 Å². The van der Waals surface area contributed by atoms with E-state index >= 15 is 0 Å². The summed E-state index contributed by atoms with van der Waals surface area (Å²) >= 11 is 0. The fourth-order valence-corrected chi connectivity index (χ4v) is 2.39. The van der Waals surface area contributed by atoms with E-state index in [0.717, 1.165) is 11.3 Å². The van der Waals surface area contributed by atoms with Crippen LogP contribution in [0.5, 0.6) is 5.75 Å². The van der Waals surface area contributed by atoms with E-state index in [-0.39, 0.29) is 24.6 Å². The molecule has 2 N–H and O–H groups in total. The zero-order valence-electron chi connectivity index (χ0n) is 13.8. The van der Waals surface area contributed by atoms with Crippen LogP contribution in [0.1, 0.15) is 23.7 Å². The minimum Gasteiger partial charge on any atom is -0.496 e. The first-order valence-corrected chi connectivity index (χ1v) is 7.82. The van der Waals surface area contributed by atoms with Crippen molar-refractivity contribution in [3.8, 4) is 5.75 Å². The normalized spacial score (nSPS) is 11.6. The minimum atomic E-state index is -0.920. The van der Waals surface area contributed by atoms with E-state index in [9.17, 15) is 20.0 Å². The molecule has 0 radical (unpaired) electrons. The van der Waals surface area contributed by atoms with Crippen LogP contribution < -0.4 is 10.1 Å². The number of hydrogen-bond donors (Lipinski definition) is 2. The quantitative estimate of drug-likeness (QED) is 0.565. The lowest BCUT2D eigenvalue weighted by Crippen LogP contribution is -2.28. The van der Waals surface area contributed by atoms with Crippen molar-refractivity contribution in [2.24, 2.45) is 0 Å². The molecule has 25 heavy (non-hydrogen) atoms. The number of aryl methyl sites for hydroxylation is 1. The molecule has 0 spiro atoms. The minimum absolute atomic E-state index is 0.0442. The first-order chi connectivity index (χ1) is 12.0. The van der Waals surface area contributed by atoms with Gasteiger partial charge in [-0.15, -0.1) is 0 Å². The maximum absolute atomic E-state index is 11.9. The number of carbonyl (C=O) groups excluding carboxylic acids is 1. The largest absolute Gasteiger partial charge is 0.496 e. The van der Waals surface area contributed by atoms with Crippen molar-refractivity contribution in [1.82, 2.24) is 5.32 Å². The molecule has 132 valence electrons. The van der Waals surface area contributed by atoms with Gasteiger partial charge in [0.05, 0.1) is 18.1 Å².